The predicted octanol–water partition coefficient (Wildman–Crippen LogP) is 5.67. The zero-order chi connectivity index (χ0) is 48.7. The number of rotatable bonds is 30. The van der Waals surface area contributed by atoms with Gasteiger partial charge in [0.2, 0.25) is 0 Å². The Labute approximate surface area is 401 Å². The summed E-state index contributed by atoms with van der Waals surface area (Å²) >= 11 is 0. The molecule has 0 aromatic rings. The fourth-order valence-electron chi connectivity index (χ4n) is 11.8. The second-order valence-corrected chi connectivity index (χ2v) is 20.4. The van der Waals surface area contributed by atoms with E-state index in [2.05, 4.69) is 71.9 Å². The summed E-state index contributed by atoms with van der Waals surface area (Å²) in [4.78, 5) is 44.8. The lowest BCUT2D eigenvalue weighted by Crippen LogP contribution is -2.51. The van der Waals surface area contributed by atoms with Gasteiger partial charge in [0.05, 0.1) is 39.6 Å². The molecule has 0 aliphatic heterocycles. The quantitative estimate of drug-likeness (QED) is 0.0142. The van der Waals surface area contributed by atoms with Crippen molar-refractivity contribution in [1.29, 1.82) is 0 Å². The predicted molar refractivity (Wildman–Crippen MR) is 263 cm³/mol. The average molecular weight is 947 g/mol. The maximum atomic E-state index is 12.8. The van der Waals surface area contributed by atoms with Crippen LogP contribution in [-0.2, 0) is 23.7 Å². The zero-order valence-corrected chi connectivity index (χ0v) is 41.8. The van der Waals surface area contributed by atoms with Crippen molar-refractivity contribution in [2.45, 2.75) is 143 Å². The lowest BCUT2D eigenvalue weighted by Gasteiger charge is -2.58. The van der Waals surface area contributed by atoms with E-state index in [4.69, 9.17) is 46.6 Å². The lowest BCUT2D eigenvalue weighted by atomic mass is 9.47. The first-order valence-electron chi connectivity index (χ1n) is 25.6. The van der Waals surface area contributed by atoms with E-state index in [0.29, 0.717) is 96.8 Å². The summed E-state index contributed by atoms with van der Waals surface area (Å²) in [7, 11) is 0. The highest BCUT2D eigenvalue weighted by molar-refractivity contribution is 5.76. The maximum absolute atomic E-state index is 12.8. The minimum Gasteiger partial charge on any atom is -0.450 e. The lowest BCUT2D eigenvalue weighted by molar-refractivity contribution is -0.0581. The molecule has 0 aromatic carbocycles. The van der Waals surface area contributed by atoms with Crippen LogP contribution in [0.5, 0.6) is 0 Å². The molecule has 384 valence electrons. The van der Waals surface area contributed by atoms with Crippen molar-refractivity contribution in [3.8, 4) is 0 Å². The molecule has 0 aromatic heterocycles. The minimum atomic E-state index is -0.539. The summed E-state index contributed by atoms with van der Waals surface area (Å²) in [6.45, 7) is 16.7. The van der Waals surface area contributed by atoms with Gasteiger partial charge in [-0.3, -0.25) is 9.98 Å². The Balaban J connectivity index is 1.08. The highest BCUT2D eigenvalue weighted by Crippen LogP contribution is 2.67. The van der Waals surface area contributed by atoms with Crippen LogP contribution in [0.3, 0.4) is 0 Å². The fraction of sp³-hybridized carbons (Fsp3) is 0.857. The normalized spacial score (nSPS) is 25.7. The molecule has 3 fully saturated rings. The van der Waals surface area contributed by atoms with Crippen molar-refractivity contribution in [3.05, 3.63) is 11.6 Å². The number of guanidine groups is 2. The molecule has 0 bridgehead atoms. The van der Waals surface area contributed by atoms with E-state index < -0.39 is 12.2 Å². The number of ether oxygens (including phenoxy) is 5. The maximum Gasteiger partial charge on any atom is 0.407 e. The Morgan fingerprint density at radius 2 is 1.30 bits per heavy atom. The van der Waals surface area contributed by atoms with Gasteiger partial charge in [-0.1, -0.05) is 65.5 Å². The number of carbonyl (C=O) groups excluding carboxylic acids is 3. The van der Waals surface area contributed by atoms with Gasteiger partial charge in [0.1, 0.15) is 6.10 Å². The van der Waals surface area contributed by atoms with Crippen molar-refractivity contribution in [2.24, 2.45) is 79.3 Å². The molecular weight excluding hydrogens is 857 g/mol. The summed E-state index contributed by atoms with van der Waals surface area (Å²) in [5, 5.41) is 11.6. The van der Waals surface area contributed by atoms with Crippen LogP contribution in [0.4, 0.5) is 14.4 Å². The molecule has 12 N–H and O–H groups in total. The largest absolute Gasteiger partial charge is 0.450 e. The zero-order valence-electron chi connectivity index (χ0n) is 41.8. The van der Waals surface area contributed by atoms with E-state index in [-0.39, 0.29) is 48.8 Å². The molecule has 8 atom stereocenters. The van der Waals surface area contributed by atoms with Gasteiger partial charge in [-0.15, -0.1) is 0 Å². The molecule has 0 saturated heterocycles. The third kappa shape index (κ3) is 18.8. The van der Waals surface area contributed by atoms with E-state index in [1.165, 1.54) is 56.9 Å². The van der Waals surface area contributed by atoms with Gasteiger partial charge < -0.3 is 67.9 Å². The smallest absolute Gasteiger partial charge is 0.407 e. The first-order valence-corrected chi connectivity index (χ1v) is 25.6. The number of alkyl carbamates (subject to hydrolysis) is 3. The molecular formula is C49H90N10O8. The number of allylic oxidation sites excluding steroid dienone is 1. The van der Waals surface area contributed by atoms with Crippen molar-refractivity contribution in [3.63, 3.8) is 0 Å². The number of hydrogen-bond acceptors (Lipinski definition) is 11. The van der Waals surface area contributed by atoms with Gasteiger partial charge in [0.15, 0.2) is 11.9 Å². The number of carbonyl (C=O) groups is 3. The van der Waals surface area contributed by atoms with Crippen LogP contribution < -0.4 is 44.2 Å². The molecule has 4 rings (SSSR count). The van der Waals surface area contributed by atoms with Gasteiger partial charge in [-0.2, -0.15) is 0 Å². The SMILES string of the molecule is CC(C)CCCC(C)C1CCC2C3CC=C4CC(OC(=O)NCCOCCOCCNC(CCOC(=O)NCCCN=C(N)N)CCOC(=O)NCCCN=C(N)N)CCC4(C)C3CCC12C. The molecule has 4 aliphatic rings. The molecule has 0 heterocycles. The summed E-state index contributed by atoms with van der Waals surface area (Å²) in [5.41, 5.74) is 23.5. The summed E-state index contributed by atoms with van der Waals surface area (Å²) in [6, 6.07) is -0.119. The van der Waals surface area contributed by atoms with Crippen LogP contribution in [0, 0.1) is 46.3 Å². The van der Waals surface area contributed by atoms with E-state index in [1.54, 1.807) is 0 Å². The van der Waals surface area contributed by atoms with Gasteiger partial charge in [0.25, 0.3) is 0 Å². The molecule has 0 spiro atoms. The van der Waals surface area contributed by atoms with Crippen LogP contribution in [0.1, 0.15) is 131 Å². The fourth-order valence-corrected chi connectivity index (χ4v) is 11.8. The van der Waals surface area contributed by atoms with Crippen molar-refractivity contribution < 1.29 is 38.1 Å². The van der Waals surface area contributed by atoms with E-state index in [9.17, 15) is 14.4 Å². The molecule has 4 aliphatic carbocycles. The van der Waals surface area contributed by atoms with E-state index in [0.717, 1.165) is 54.8 Å². The van der Waals surface area contributed by atoms with Crippen LogP contribution >= 0.6 is 0 Å². The first-order chi connectivity index (χ1) is 32.1. The number of nitrogens with two attached hydrogens (primary N) is 4. The number of fused-ring (bicyclic) bond motifs is 5. The van der Waals surface area contributed by atoms with Crippen molar-refractivity contribution >= 4 is 30.2 Å². The van der Waals surface area contributed by atoms with E-state index in [1.807, 2.05) is 0 Å². The monoisotopic (exact) mass is 947 g/mol. The molecule has 0 radical (unpaired) electrons. The first kappa shape index (κ1) is 55.6. The van der Waals surface area contributed by atoms with Gasteiger partial charge >= 0.3 is 18.3 Å². The van der Waals surface area contributed by atoms with Gasteiger partial charge in [-0.25, -0.2) is 14.4 Å². The number of nitrogens with zero attached hydrogens (tertiary/aromatic N) is 2. The number of amides is 3. The third-order valence-electron chi connectivity index (χ3n) is 15.3. The van der Waals surface area contributed by atoms with Crippen LogP contribution in [-0.4, -0.2) is 121 Å². The number of nitrogens with one attached hydrogen (secondary N) is 4. The van der Waals surface area contributed by atoms with Gasteiger partial charge in [0, 0.05) is 51.7 Å². The molecule has 8 unspecified atom stereocenters. The summed E-state index contributed by atoms with van der Waals surface area (Å²) in [5.74, 6) is 4.85. The Kier molecular flexibility index (Phi) is 24.1. The average Bonchev–Trinajstić information content (AvgIpc) is 3.63. The van der Waals surface area contributed by atoms with Crippen LogP contribution in [0.25, 0.3) is 0 Å². The Bertz CT molecular complexity index is 1550. The molecule has 18 nitrogen and oxygen atoms in total. The minimum absolute atomic E-state index is 0.00362. The summed E-state index contributed by atoms with van der Waals surface area (Å²) < 4.78 is 28.1. The van der Waals surface area contributed by atoms with Crippen LogP contribution in [0.2, 0.25) is 0 Å². The molecule has 67 heavy (non-hydrogen) atoms. The highest BCUT2D eigenvalue weighted by Gasteiger charge is 2.59. The second-order valence-electron chi connectivity index (χ2n) is 20.4. The third-order valence-corrected chi connectivity index (χ3v) is 15.3. The van der Waals surface area contributed by atoms with Crippen molar-refractivity contribution in [2.75, 3.05) is 78.9 Å². The Morgan fingerprint density at radius 3 is 1.91 bits per heavy atom. The van der Waals surface area contributed by atoms with Crippen molar-refractivity contribution in [1.82, 2.24) is 21.3 Å². The summed E-state index contributed by atoms with van der Waals surface area (Å²) in [6.07, 6.45) is 16.8. The Hall–Kier alpha value is -4.03. The number of hydrogen-bond donors (Lipinski definition) is 8. The number of aliphatic imine (C=N–C) groups is 2. The molecule has 3 amide bonds. The van der Waals surface area contributed by atoms with E-state index >= 15 is 0 Å². The standard InChI is InChI=1S/C49H90N10O8/c1-34(2)9-6-10-35(3)40-13-14-41-39-12-11-36-33-38(15-19-48(36,4)42(39)16-20-49(40,41)5)67-47(62)59-26-30-64-32-31-63-29-25-54-37(17-27-65-45(60)57-23-7-21-55-43(50)51)18-28-66-46(61)58-24-8-22-56-44(52)53/h11,34-35,37-42,54H,6-10,12-33H2,1-5H3,(H,57,60)(H,58,61)(H,59,62)(H4,50,51,55)(H4,52,53,56). The molecule has 3 saturated carbocycles. The Morgan fingerprint density at radius 1 is 0.687 bits per heavy atom. The topological polar surface area (TPSA) is 274 Å². The highest BCUT2D eigenvalue weighted by atomic mass is 16.6. The molecule has 18 heteroatoms. The van der Waals surface area contributed by atoms with Gasteiger partial charge in [-0.05, 0) is 117 Å². The van der Waals surface area contributed by atoms with Crippen LogP contribution in [0.15, 0.2) is 21.6 Å². The second kappa shape index (κ2) is 29.1.